The molecular weight excluding hydrogens is 251 g/mol. The van der Waals surface area contributed by atoms with E-state index < -0.39 is 11.7 Å². The normalized spacial score (nSPS) is 10.3. The molecule has 0 aliphatic heterocycles. The van der Waals surface area contributed by atoms with Gasteiger partial charge in [0.15, 0.2) is 5.82 Å². The summed E-state index contributed by atoms with van der Waals surface area (Å²) in [5.41, 5.74) is 0.143. The highest BCUT2D eigenvalue weighted by Gasteiger charge is 2.13. The number of hydrogen-bond acceptors (Lipinski definition) is 5. The summed E-state index contributed by atoms with van der Waals surface area (Å²) in [6.45, 7) is 0.203. The van der Waals surface area contributed by atoms with Crippen molar-refractivity contribution in [1.29, 1.82) is 0 Å². The number of aromatic nitrogens is 4. The lowest BCUT2D eigenvalue weighted by atomic mass is 10.2. The minimum absolute atomic E-state index is 0.143. The lowest BCUT2D eigenvalue weighted by molar-refractivity contribution is 0.0949. The van der Waals surface area contributed by atoms with Gasteiger partial charge in [0.2, 0.25) is 0 Å². The zero-order valence-corrected chi connectivity index (χ0v) is 10.5. The van der Waals surface area contributed by atoms with Gasteiger partial charge in [-0.15, -0.1) is 10.2 Å². The van der Waals surface area contributed by atoms with Crippen LogP contribution in [-0.2, 0) is 13.6 Å². The molecule has 2 aromatic rings. The Labute approximate surface area is 108 Å². The number of aryl methyl sites for hydroxylation is 1. The summed E-state index contributed by atoms with van der Waals surface area (Å²) < 4.78 is 14.8. The summed E-state index contributed by atoms with van der Waals surface area (Å²) in [6, 6.07) is 1.13. The van der Waals surface area contributed by atoms with E-state index in [1.54, 1.807) is 18.7 Å². The first-order valence-corrected chi connectivity index (χ1v) is 5.56. The van der Waals surface area contributed by atoms with E-state index in [1.165, 1.54) is 6.33 Å². The summed E-state index contributed by atoms with van der Waals surface area (Å²) in [7, 11) is 3.38. The maximum atomic E-state index is 13.1. The van der Waals surface area contributed by atoms with E-state index in [0.717, 1.165) is 12.3 Å². The maximum Gasteiger partial charge on any atom is 0.255 e. The first-order chi connectivity index (χ1) is 9.11. The number of amides is 1. The van der Waals surface area contributed by atoms with Gasteiger partial charge in [-0.05, 0) is 6.07 Å². The highest BCUT2D eigenvalue weighted by Crippen LogP contribution is 2.12. The molecule has 2 N–H and O–H groups in total. The van der Waals surface area contributed by atoms with Crippen molar-refractivity contribution < 1.29 is 9.18 Å². The molecule has 0 fully saturated rings. The Hall–Kier alpha value is -2.51. The van der Waals surface area contributed by atoms with Crippen molar-refractivity contribution in [2.45, 2.75) is 6.54 Å². The molecule has 1 amide bonds. The third-order valence-corrected chi connectivity index (χ3v) is 2.55. The second kappa shape index (κ2) is 5.42. The average Bonchev–Trinajstić information content (AvgIpc) is 2.81. The number of carbonyl (C=O) groups excluding carboxylic acids is 1. The molecule has 0 bridgehead atoms. The number of nitrogens with zero attached hydrogens (tertiary/aromatic N) is 4. The number of nitrogens with one attached hydrogen (secondary N) is 2. The molecule has 0 spiro atoms. The van der Waals surface area contributed by atoms with Gasteiger partial charge in [-0.3, -0.25) is 4.79 Å². The third-order valence-electron chi connectivity index (χ3n) is 2.55. The summed E-state index contributed by atoms with van der Waals surface area (Å²) in [6.07, 6.45) is 2.58. The standard InChI is InChI=1S/C11H13FN6O/c1-13-10-8(3-7(12)4-14-10)11(19)15-5-9-17-16-6-18(9)2/h3-4,6H,5H2,1-2H3,(H,13,14)(H,15,19). The molecule has 2 aromatic heterocycles. The van der Waals surface area contributed by atoms with E-state index in [0.29, 0.717) is 11.6 Å². The number of hydrogen-bond donors (Lipinski definition) is 2. The Morgan fingerprint density at radius 3 is 2.95 bits per heavy atom. The number of anilines is 1. The molecule has 0 saturated heterocycles. The second-order valence-electron chi connectivity index (χ2n) is 3.84. The van der Waals surface area contributed by atoms with Crippen molar-refractivity contribution in [3.8, 4) is 0 Å². The van der Waals surface area contributed by atoms with Crippen LogP contribution in [0.25, 0.3) is 0 Å². The van der Waals surface area contributed by atoms with Gasteiger partial charge in [0.05, 0.1) is 18.3 Å². The molecular formula is C11H13FN6O. The van der Waals surface area contributed by atoms with E-state index >= 15 is 0 Å². The van der Waals surface area contributed by atoms with Crippen LogP contribution in [0, 0.1) is 5.82 Å². The molecule has 0 saturated carbocycles. The van der Waals surface area contributed by atoms with Crippen LogP contribution in [0.4, 0.5) is 10.2 Å². The highest BCUT2D eigenvalue weighted by atomic mass is 19.1. The van der Waals surface area contributed by atoms with E-state index in [1.807, 2.05) is 0 Å². The van der Waals surface area contributed by atoms with Gasteiger partial charge in [0, 0.05) is 14.1 Å². The first-order valence-electron chi connectivity index (χ1n) is 5.56. The minimum atomic E-state index is -0.567. The Kier molecular flexibility index (Phi) is 3.69. The SMILES string of the molecule is CNc1ncc(F)cc1C(=O)NCc1nncn1C. The van der Waals surface area contributed by atoms with E-state index in [9.17, 15) is 9.18 Å². The second-order valence-corrected chi connectivity index (χ2v) is 3.84. The molecule has 0 aliphatic rings. The molecule has 100 valence electrons. The molecule has 2 rings (SSSR count). The molecule has 0 radical (unpaired) electrons. The fourth-order valence-electron chi connectivity index (χ4n) is 1.53. The average molecular weight is 264 g/mol. The number of pyridine rings is 1. The van der Waals surface area contributed by atoms with Crippen LogP contribution in [0.1, 0.15) is 16.2 Å². The van der Waals surface area contributed by atoms with E-state index in [4.69, 9.17) is 0 Å². The number of carbonyl (C=O) groups is 1. The fourth-order valence-corrected chi connectivity index (χ4v) is 1.53. The van der Waals surface area contributed by atoms with Crippen molar-refractivity contribution in [3.63, 3.8) is 0 Å². The summed E-state index contributed by atoms with van der Waals surface area (Å²) in [5.74, 6) is -0.0808. The van der Waals surface area contributed by atoms with Crippen molar-refractivity contribution in [3.05, 3.63) is 35.8 Å². The Morgan fingerprint density at radius 1 is 1.53 bits per heavy atom. The fraction of sp³-hybridized carbons (Fsp3) is 0.273. The van der Waals surface area contributed by atoms with E-state index in [2.05, 4.69) is 25.8 Å². The summed E-state index contributed by atoms with van der Waals surface area (Å²) in [5, 5.41) is 12.9. The van der Waals surface area contributed by atoms with E-state index in [-0.39, 0.29) is 12.1 Å². The lowest BCUT2D eigenvalue weighted by Crippen LogP contribution is -2.25. The zero-order chi connectivity index (χ0) is 13.8. The quantitative estimate of drug-likeness (QED) is 0.830. The van der Waals surface area contributed by atoms with Crippen LogP contribution < -0.4 is 10.6 Å². The highest BCUT2D eigenvalue weighted by molar-refractivity contribution is 5.98. The summed E-state index contributed by atoms with van der Waals surface area (Å²) in [4.78, 5) is 15.8. The predicted octanol–water partition coefficient (Wildman–Crippen LogP) is 0.321. The number of halogens is 1. The Balaban J connectivity index is 2.12. The predicted molar refractivity (Wildman–Crippen MR) is 65.9 cm³/mol. The Bertz CT molecular complexity index is 597. The largest absolute Gasteiger partial charge is 0.372 e. The van der Waals surface area contributed by atoms with Gasteiger partial charge in [-0.25, -0.2) is 9.37 Å². The van der Waals surface area contributed by atoms with Crippen LogP contribution >= 0.6 is 0 Å². The van der Waals surface area contributed by atoms with Crippen LogP contribution in [0.3, 0.4) is 0 Å². The number of rotatable bonds is 4. The van der Waals surface area contributed by atoms with Crippen LogP contribution in [-0.4, -0.2) is 32.7 Å². The molecule has 2 heterocycles. The van der Waals surface area contributed by atoms with Crippen molar-refractivity contribution >= 4 is 11.7 Å². The van der Waals surface area contributed by atoms with Crippen molar-refractivity contribution in [2.75, 3.05) is 12.4 Å². The zero-order valence-electron chi connectivity index (χ0n) is 10.5. The summed E-state index contributed by atoms with van der Waals surface area (Å²) >= 11 is 0. The van der Waals surface area contributed by atoms with Crippen molar-refractivity contribution in [1.82, 2.24) is 25.1 Å². The topological polar surface area (TPSA) is 84.7 Å². The minimum Gasteiger partial charge on any atom is -0.372 e. The molecule has 0 aliphatic carbocycles. The molecule has 0 atom stereocenters. The Morgan fingerprint density at radius 2 is 2.32 bits per heavy atom. The maximum absolute atomic E-state index is 13.1. The smallest absolute Gasteiger partial charge is 0.255 e. The molecule has 19 heavy (non-hydrogen) atoms. The molecule has 8 heteroatoms. The molecule has 0 aromatic carbocycles. The van der Waals surface area contributed by atoms with Gasteiger partial charge < -0.3 is 15.2 Å². The van der Waals surface area contributed by atoms with Crippen LogP contribution in [0.2, 0.25) is 0 Å². The van der Waals surface area contributed by atoms with Gasteiger partial charge in [0.25, 0.3) is 5.91 Å². The van der Waals surface area contributed by atoms with Crippen LogP contribution in [0.5, 0.6) is 0 Å². The monoisotopic (exact) mass is 264 g/mol. The molecule has 0 unspecified atom stereocenters. The third kappa shape index (κ3) is 2.84. The van der Waals surface area contributed by atoms with Gasteiger partial charge in [-0.1, -0.05) is 0 Å². The van der Waals surface area contributed by atoms with Crippen molar-refractivity contribution in [2.24, 2.45) is 7.05 Å². The lowest BCUT2D eigenvalue weighted by Gasteiger charge is -2.08. The molecule has 7 nitrogen and oxygen atoms in total. The van der Waals surface area contributed by atoms with Crippen LogP contribution in [0.15, 0.2) is 18.6 Å². The van der Waals surface area contributed by atoms with Gasteiger partial charge in [-0.2, -0.15) is 0 Å². The first kappa shape index (κ1) is 12.9. The van der Waals surface area contributed by atoms with Gasteiger partial charge >= 0.3 is 0 Å². The van der Waals surface area contributed by atoms with Gasteiger partial charge in [0.1, 0.15) is 18.0 Å².